The minimum absolute atomic E-state index is 0.136. The van der Waals surface area contributed by atoms with Crippen LogP contribution >= 0.6 is 0 Å². The first-order valence-corrected chi connectivity index (χ1v) is 6.55. The van der Waals surface area contributed by atoms with Crippen LogP contribution in [0.15, 0.2) is 18.3 Å². The molecule has 1 fully saturated rings. The second-order valence-corrected chi connectivity index (χ2v) is 5.22. The number of amides is 1. The summed E-state index contributed by atoms with van der Waals surface area (Å²) in [7, 11) is 0. The van der Waals surface area contributed by atoms with E-state index in [0.717, 1.165) is 0 Å². The van der Waals surface area contributed by atoms with Gasteiger partial charge in [-0.3, -0.25) is 4.79 Å². The highest BCUT2D eigenvalue weighted by molar-refractivity contribution is 5.91. The van der Waals surface area contributed by atoms with Gasteiger partial charge in [-0.15, -0.1) is 0 Å². The molecule has 1 atom stereocenters. The number of carbonyl (C=O) groups excluding carboxylic acids is 1. The molecule has 0 saturated heterocycles. The maximum atomic E-state index is 12.9. The molecule has 5 nitrogen and oxygen atoms in total. The van der Waals surface area contributed by atoms with Crippen LogP contribution in [0.2, 0.25) is 0 Å². The van der Waals surface area contributed by atoms with Crippen LogP contribution in [0.5, 0.6) is 0 Å². The number of hydrogen-bond acceptors (Lipinski definition) is 3. The van der Waals surface area contributed by atoms with Gasteiger partial charge in [-0.2, -0.15) is 18.3 Å². The van der Waals surface area contributed by atoms with Crippen LogP contribution in [0.4, 0.5) is 13.2 Å². The average molecular weight is 298 g/mol. The molecule has 2 heterocycles. The lowest BCUT2D eigenvalue weighted by Gasteiger charge is -2.20. The number of nitrogens with one attached hydrogen (secondary N) is 1. The molecule has 3 rings (SSSR count). The maximum absolute atomic E-state index is 12.9. The third-order valence-electron chi connectivity index (χ3n) is 3.45. The number of aromatic nitrogens is 3. The monoisotopic (exact) mass is 298 g/mol. The Kier molecular flexibility index (Phi) is 3.11. The largest absolute Gasteiger partial charge is 0.408 e. The minimum atomic E-state index is -4.45. The van der Waals surface area contributed by atoms with E-state index in [1.54, 1.807) is 19.1 Å². The summed E-state index contributed by atoms with van der Waals surface area (Å²) in [5.41, 5.74) is 1.20. The van der Waals surface area contributed by atoms with Gasteiger partial charge < -0.3 is 5.32 Å². The van der Waals surface area contributed by atoms with Gasteiger partial charge in [0.25, 0.3) is 5.91 Å². The quantitative estimate of drug-likeness (QED) is 0.944. The van der Waals surface area contributed by atoms with Crippen molar-refractivity contribution in [2.24, 2.45) is 5.92 Å². The van der Waals surface area contributed by atoms with Gasteiger partial charge in [0.2, 0.25) is 5.82 Å². The van der Waals surface area contributed by atoms with Crippen molar-refractivity contribution < 1.29 is 18.0 Å². The first kappa shape index (κ1) is 13.8. The molecule has 2 aromatic rings. The van der Waals surface area contributed by atoms with Crippen molar-refractivity contribution in [3.05, 3.63) is 29.8 Å². The summed E-state index contributed by atoms with van der Waals surface area (Å²) in [4.78, 5) is 16.0. The van der Waals surface area contributed by atoms with Crippen LogP contribution < -0.4 is 5.32 Å². The molecule has 0 aliphatic heterocycles. The number of imidazole rings is 1. The fraction of sp³-hybridized carbons (Fsp3) is 0.462. The van der Waals surface area contributed by atoms with Crippen LogP contribution in [0, 0.1) is 12.8 Å². The number of carbonyl (C=O) groups is 1. The number of halogens is 3. The molecule has 1 unspecified atom stereocenters. The molecule has 2 aromatic heterocycles. The van der Waals surface area contributed by atoms with Crippen molar-refractivity contribution in [3.63, 3.8) is 0 Å². The van der Waals surface area contributed by atoms with E-state index in [1.165, 1.54) is 10.7 Å². The van der Waals surface area contributed by atoms with Crippen LogP contribution in [0.3, 0.4) is 0 Å². The van der Waals surface area contributed by atoms with E-state index in [9.17, 15) is 18.0 Å². The Balaban J connectivity index is 1.88. The normalized spacial score (nSPS) is 17.0. The van der Waals surface area contributed by atoms with Gasteiger partial charge in [0.05, 0.1) is 17.4 Å². The second-order valence-electron chi connectivity index (χ2n) is 5.22. The van der Waals surface area contributed by atoms with Crippen LogP contribution in [0.25, 0.3) is 5.52 Å². The molecule has 1 amide bonds. The zero-order valence-electron chi connectivity index (χ0n) is 11.2. The highest BCUT2D eigenvalue weighted by Crippen LogP contribution is 2.40. The third kappa shape index (κ3) is 2.70. The number of hydrogen-bond donors (Lipinski definition) is 1. The third-order valence-corrected chi connectivity index (χ3v) is 3.45. The Bertz CT molecular complexity index is 690. The van der Waals surface area contributed by atoms with Crippen LogP contribution in [-0.2, 0) is 0 Å². The van der Waals surface area contributed by atoms with E-state index in [0.29, 0.717) is 24.1 Å². The van der Waals surface area contributed by atoms with Crippen molar-refractivity contribution >= 4 is 11.4 Å². The molecule has 1 N–H and O–H groups in total. The molecule has 0 bridgehead atoms. The van der Waals surface area contributed by atoms with Crippen molar-refractivity contribution in [2.75, 3.05) is 0 Å². The van der Waals surface area contributed by atoms with Crippen LogP contribution in [-0.4, -0.2) is 32.7 Å². The molecule has 112 valence electrons. The summed E-state index contributed by atoms with van der Waals surface area (Å²) in [5, 5.41) is 6.14. The minimum Gasteiger partial charge on any atom is -0.337 e. The first-order chi connectivity index (χ1) is 9.86. The summed E-state index contributed by atoms with van der Waals surface area (Å²) < 4.78 is 40.1. The number of alkyl halides is 3. The van der Waals surface area contributed by atoms with Crippen LogP contribution in [0.1, 0.15) is 29.2 Å². The summed E-state index contributed by atoms with van der Waals surface area (Å²) in [6.45, 7) is 1.73. The van der Waals surface area contributed by atoms with Gasteiger partial charge in [-0.1, -0.05) is 0 Å². The van der Waals surface area contributed by atoms with Gasteiger partial charge in [-0.25, -0.2) is 9.50 Å². The number of nitrogens with zero attached hydrogens (tertiary/aromatic N) is 3. The molecule has 0 radical (unpaired) electrons. The zero-order chi connectivity index (χ0) is 15.2. The Labute approximate surface area is 118 Å². The number of fused-ring (bicyclic) bond motifs is 1. The lowest BCUT2D eigenvalue weighted by molar-refractivity contribution is -0.158. The van der Waals surface area contributed by atoms with E-state index < -0.39 is 24.0 Å². The highest BCUT2D eigenvalue weighted by Gasteiger charge is 2.50. The Morgan fingerprint density at radius 1 is 1.43 bits per heavy atom. The Morgan fingerprint density at radius 2 is 2.14 bits per heavy atom. The fourth-order valence-corrected chi connectivity index (χ4v) is 2.23. The predicted molar refractivity (Wildman–Crippen MR) is 67.8 cm³/mol. The van der Waals surface area contributed by atoms with Gasteiger partial charge in [0, 0.05) is 0 Å². The SMILES string of the molecule is Cc1ccc2cnc(C(=O)NC(C3CC3)C(F)(F)F)n2n1. The summed E-state index contributed by atoms with van der Waals surface area (Å²) in [5.74, 6) is -1.53. The van der Waals surface area contributed by atoms with E-state index >= 15 is 0 Å². The lowest BCUT2D eigenvalue weighted by atomic mass is 10.2. The van der Waals surface area contributed by atoms with Crippen molar-refractivity contribution in [1.29, 1.82) is 0 Å². The second kappa shape index (κ2) is 4.71. The van der Waals surface area contributed by atoms with Gasteiger partial charge in [0.15, 0.2) is 0 Å². The van der Waals surface area contributed by atoms with E-state index in [4.69, 9.17) is 0 Å². The molecule has 1 aliphatic rings. The Hall–Kier alpha value is -2.12. The molecule has 0 spiro atoms. The van der Waals surface area contributed by atoms with Gasteiger partial charge >= 0.3 is 6.18 Å². The molecule has 1 aliphatic carbocycles. The van der Waals surface area contributed by atoms with Gasteiger partial charge in [-0.05, 0) is 37.8 Å². The van der Waals surface area contributed by atoms with E-state index in [-0.39, 0.29) is 5.82 Å². The summed E-state index contributed by atoms with van der Waals surface area (Å²) in [6.07, 6.45) is -2.09. The fourth-order valence-electron chi connectivity index (χ4n) is 2.23. The molecule has 21 heavy (non-hydrogen) atoms. The van der Waals surface area contributed by atoms with Crippen molar-refractivity contribution in [3.8, 4) is 0 Å². The van der Waals surface area contributed by atoms with Crippen molar-refractivity contribution in [1.82, 2.24) is 19.9 Å². The standard InChI is InChI=1S/C13H13F3N4O/c1-7-2-5-9-6-17-11(20(9)19-7)12(21)18-10(8-3-4-8)13(14,15)16/h2,5-6,8,10H,3-4H2,1H3,(H,18,21). The average Bonchev–Trinajstić information content (AvgIpc) is 3.14. The molecule has 8 heteroatoms. The van der Waals surface area contributed by atoms with E-state index in [2.05, 4.69) is 10.1 Å². The maximum Gasteiger partial charge on any atom is 0.408 e. The van der Waals surface area contributed by atoms with Crippen molar-refractivity contribution in [2.45, 2.75) is 32.0 Å². The summed E-state index contributed by atoms with van der Waals surface area (Å²) in [6, 6.07) is 1.62. The van der Waals surface area contributed by atoms with Gasteiger partial charge in [0.1, 0.15) is 6.04 Å². The molecule has 0 aromatic carbocycles. The molecular weight excluding hydrogens is 285 g/mol. The topological polar surface area (TPSA) is 59.3 Å². The summed E-state index contributed by atoms with van der Waals surface area (Å²) >= 11 is 0. The molecule has 1 saturated carbocycles. The van der Waals surface area contributed by atoms with E-state index in [1.807, 2.05) is 5.32 Å². The number of rotatable bonds is 3. The number of aryl methyl sites for hydroxylation is 1. The Morgan fingerprint density at radius 3 is 2.76 bits per heavy atom. The molecular formula is C13H13F3N4O. The lowest BCUT2D eigenvalue weighted by Crippen LogP contribution is -2.47. The zero-order valence-corrected chi connectivity index (χ0v) is 11.2. The smallest absolute Gasteiger partial charge is 0.337 e. The predicted octanol–water partition coefficient (Wildman–Crippen LogP) is 2.11. The first-order valence-electron chi connectivity index (χ1n) is 6.55. The highest BCUT2D eigenvalue weighted by atomic mass is 19.4.